The van der Waals surface area contributed by atoms with Gasteiger partial charge in [-0.2, -0.15) is 0 Å². The predicted octanol–water partition coefficient (Wildman–Crippen LogP) is 3.54. The molecule has 0 unspecified atom stereocenters. The van der Waals surface area contributed by atoms with Gasteiger partial charge >= 0.3 is 0 Å². The lowest BCUT2D eigenvalue weighted by Gasteiger charge is -2.08. The van der Waals surface area contributed by atoms with Crippen molar-refractivity contribution in [3.05, 3.63) is 54.1 Å². The van der Waals surface area contributed by atoms with Crippen molar-refractivity contribution >= 4 is 17.4 Å². The van der Waals surface area contributed by atoms with Gasteiger partial charge in [0, 0.05) is 10.6 Å². The first kappa shape index (κ1) is 13.8. The minimum absolute atomic E-state index is 0.562. The molecule has 19 heavy (non-hydrogen) atoms. The van der Waals surface area contributed by atoms with Gasteiger partial charge in [0.1, 0.15) is 5.75 Å². The molecular weight excluding hydrogens is 258 g/mol. The Morgan fingerprint density at radius 2 is 1.89 bits per heavy atom. The lowest BCUT2D eigenvalue weighted by molar-refractivity contribution is 0.169. The van der Waals surface area contributed by atoms with Crippen LogP contribution in [0.3, 0.4) is 0 Å². The van der Waals surface area contributed by atoms with Crippen LogP contribution < -0.4 is 10.5 Å². The highest BCUT2D eigenvalue weighted by Gasteiger charge is 2.02. The Hall–Kier alpha value is -1.65. The molecule has 0 aliphatic heterocycles. The van der Waals surface area contributed by atoms with Crippen molar-refractivity contribution in [1.82, 2.24) is 0 Å². The zero-order valence-electron chi connectivity index (χ0n) is 10.8. The second kappa shape index (κ2) is 7.07. The van der Waals surface area contributed by atoms with E-state index in [2.05, 4.69) is 0 Å². The summed E-state index contributed by atoms with van der Waals surface area (Å²) in [5.41, 5.74) is 7.82. The Morgan fingerprint density at radius 3 is 2.63 bits per heavy atom. The van der Waals surface area contributed by atoms with Gasteiger partial charge in [-0.1, -0.05) is 42.1 Å². The Kier molecular flexibility index (Phi) is 5.12. The van der Waals surface area contributed by atoms with Crippen LogP contribution in [0.2, 0.25) is 0 Å². The molecule has 0 aliphatic carbocycles. The zero-order chi connectivity index (χ0) is 13.5. The van der Waals surface area contributed by atoms with E-state index in [1.54, 1.807) is 18.9 Å². The fraction of sp³-hybridized carbons (Fsp3) is 0.200. The molecule has 2 aromatic carbocycles. The van der Waals surface area contributed by atoms with Crippen molar-refractivity contribution in [2.45, 2.75) is 11.5 Å². The van der Waals surface area contributed by atoms with Crippen molar-refractivity contribution in [1.29, 1.82) is 0 Å². The van der Waals surface area contributed by atoms with E-state index in [9.17, 15) is 0 Å². The molecule has 0 radical (unpaired) electrons. The summed E-state index contributed by atoms with van der Waals surface area (Å²) in [5, 5.41) is 0. The number of thioether (sulfide) groups is 1. The first-order valence-electron chi connectivity index (χ1n) is 5.97. The first-order valence-corrected chi connectivity index (χ1v) is 6.96. The van der Waals surface area contributed by atoms with Crippen LogP contribution in [-0.2, 0) is 11.3 Å². The van der Waals surface area contributed by atoms with Crippen molar-refractivity contribution in [3.63, 3.8) is 0 Å². The summed E-state index contributed by atoms with van der Waals surface area (Å²) < 4.78 is 10.8. The van der Waals surface area contributed by atoms with E-state index in [4.69, 9.17) is 15.2 Å². The molecule has 2 N–H and O–H groups in total. The van der Waals surface area contributed by atoms with Crippen LogP contribution in [0.25, 0.3) is 0 Å². The summed E-state index contributed by atoms with van der Waals surface area (Å²) >= 11 is 1.57. The number of nitrogen functional groups attached to an aromatic ring is 1. The van der Waals surface area contributed by atoms with Crippen LogP contribution in [0.5, 0.6) is 5.75 Å². The number of hydrogen-bond donors (Lipinski definition) is 1. The third kappa shape index (κ3) is 4.19. The number of ether oxygens (including phenoxy) is 2. The summed E-state index contributed by atoms with van der Waals surface area (Å²) in [7, 11) is 1.64. The largest absolute Gasteiger partial charge is 0.497 e. The van der Waals surface area contributed by atoms with Crippen LogP contribution in [-0.4, -0.2) is 13.0 Å². The molecule has 0 amide bonds. The quantitative estimate of drug-likeness (QED) is 0.379. The second-order valence-electron chi connectivity index (χ2n) is 4.00. The van der Waals surface area contributed by atoms with Gasteiger partial charge in [0.05, 0.1) is 19.7 Å². The maximum atomic E-state index is 5.91. The van der Waals surface area contributed by atoms with Gasteiger partial charge in [0.15, 0.2) is 0 Å². The third-order valence-corrected chi connectivity index (χ3v) is 3.58. The van der Waals surface area contributed by atoms with E-state index in [1.807, 2.05) is 48.5 Å². The van der Waals surface area contributed by atoms with Crippen LogP contribution in [0.4, 0.5) is 5.69 Å². The van der Waals surface area contributed by atoms with Crippen molar-refractivity contribution < 1.29 is 9.47 Å². The molecule has 0 atom stereocenters. The summed E-state index contributed by atoms with van der Waals surface area (Å²) in [6, 6.07) is 15.7. The molecule has 0 aromatic heterocycles. The second-order valence-corrected chi connectivity index (χ2v) is 4.96. The van der Waals surface area contributed by atoms with Gasteiger partial charge in [-0.15, -0.1) is 0 Å². The molecule has 2 aromatic rings. The molecule has 0 bridgehead atoms. The number of anilines is 1. The van der Waals surface area contributed by atoms with Crippen LogP contribution in [0.15, 0.2) is 53.4 Å². The molecule has 0 fully saturated rings. The van der Waals surface area contributed by atoms with Crippen molar-refractivity contribution in [2.75, 3.05) is 18.8 Å². The molecule has 4 heteroatoms. The van der Waals surface area contributed by atoms with Gasteiger partial charge in [0.2, 0.25) is 0 Å². The zero-order valence-corrected chi connectivity index (χ0v) is 11.7. The minimum Gasteiger partial charge on any atom is -0.497 e. The summed E-state index contributed by atoms with van der Waals surface area (Å²) in [4.78, 5) is 0.979. The Morgan fingerprint density at radius 1 is 1.11 bits per heavy atom. The molecule has 3 nitrogen and oxygen atoms in total. The van der Waals surface area contributed by atoms with E-state index in [-0.39, 0.29) is 0 Å². The van der Waals surface area contributed by atoms with Gasteiger partial charge in [-0.3, -0.25) is 0 Å². The molecular formula is C15H17NO2S. The molecule has 0 spiro atoms. The lowest BCUT2D eigenvalue weighted by Crippen LogP contribution is -1.94. The van der Waals surface area contributed by atoms with Gasteiger partial charge in [0.25, 0.3) is 0 Å². The summed E-state index contributed by atoms with van der Waals surface area (Å²) in [5.74, 6) is 1.37. The Bertz CT molecular complexity index is 517. The lowest BCUT2D eigenvalue weighted by atomic mass is 10.2. The van der Waals surface area contributed by atoms with Crippen LogP contribution in [0.1, 0.15) is 5.56 Å². The third-order valence-electron chi connectivity index (χ3n) is 2.63. The monoisotopic (exact) mass is 275 g/mol. The van der Waals surface area contributed by atoms with Crippen molar-refractivity contribution in [3.8, 4) is 5.75 Å². The van der Waals surface area contributed by atoms with E-state index in [1.165, 1.54) is 5.56 Å². The molecule has 2 rings (SSSR count). The van der Waals surface area contributed by atoms with E-state index in [0.717, 1.165) is 16.3 Å². The van der Waals surface area contributed by atoms with Gasteiger partial charge in [-0.25, -0.2) is 0 Å². The highest BCUT2D eigenvalue weighted by Crippen LogP contribution is 2.29. The maximum Gasteiger partial charge on any atom is 0.120 e. The highest BCUT2D eigenvalue weighted by molar-refractivity contribution is 7.99. The van der Waals surface area contributed by atoms with E-state index >= 15 is 0 Å². The average Bonchev–Trinajstić information content (AvgIpc) is 2.46. The SMILES string of the molecule is COc1ccc(N)c(SCOCc2ccccc2)c1. The predicted molar refractivity (Wildman–Crippen MR) is 79.4 cm³/mol. The number of benzene rings is 2. The smallest absolute Gasteiger partial charge is 0.120 e. The van der Waals surface area contributed by atoms with Gasteiger partial charge < -0.3 is 15.2 Å². The average molecular weight is 275 g/mol. The number of methoxy groups -OCH3 is 1. The first-order chi connectivity index (χ1) is 9.29. The molecule has 0 saturated heterocycles. The number of rotatable bonds is 6. The van der Waals surface area contributed by atoms with Crippen molar-refractivity contribution in [2.24, 2.45) is 0 Å². The fourth-order valence-electron chi connectivity index (χ4n) is 1.61. The molecule has 0 aliphatic rings. The fourth-order valence-corrected chi connectivity index (χ4v) is 2.33. The normalized spacial score (nSPS) is 10.4. The maximum absolute atomic E-state index is 5.91. The number of nitrogens with two attached hydrogens (primary N) is 1. The molecule has 0 heterocycles. The van der Waals surface area contributed by atoms with Crippen LogP contribution in [0, 0.1) is 0 Å². The van der Waals surface area contributed by atoms with Gasteiger partial charge in [-0.05, 0) is 23.8 Å². The summed E-state index contributed by atoms with van der Waals surface area (Å²) in [6.45, 7) is 0.609. The van der Waals surface area contributed by atoms with Crippen LogP contribution >= 0.6 is 11.8 Å². The Balaban J connectivity index is 1.82. The van der Waals surface area contributed by atoms with E-state index in [0.29, 0.717) is 12.5 Å². The topological polar surface area (TPSA) is 44.5 Å². The molecule has 100 valence electrons. The highest BCUT2D eigenvalue weighted by atomic mass is 32.2. The molecule has 0 saturated carbocycles. The minimum atomic E-state index is 0.562. The standard InChI is InChI=1S/C15H17NO2S/c1-17-13-7-8-14(16)15(9-13)19-11-18-10-12-5-3-2-4-6-12/h2-9H,10-11,16H2,1H3. The van der Waals surface area contributed by atoms with E-state index < -0.39 is 0 Å². The Labute approximate surface area is 117 Å². The number of hydrogen-bond acceptors (Lipinski definition) is 4. The summed E-state index contributed by atoms with van der Waals surface area (Å²) in [6.07, 6.45) is 0.